The van der Waals surface area contributed by atoms with Crippen LogP contribution in [0.15, 0.2) is 0 Å². The molecule has 3 atom stereocenters. The summed E-state index contributed by atoms with van der Waals surface area (Å²) in [4.78, 5) is 13.6. The van der Waals surface area contributed by atoms with E-state index in [0.29, 0.717) is 0 Å². The molecule has 0 radical (unpaired) electrons. The Balaban J connectivity index is 2.33. The van der Waals surface area contributed by atoms with Gasteiger partial charge >= 0.3 is 0 Å². The maximum Gasteiger partial charge on any atom is 0.232 e. The van der Waals surface area contributed by atoms with E-state index in [1.807, 2.05) is 11.8 Å². The second kappa shape index (κ2) is 2.76. The molecule has 0 bridgehead atoms. The molecule has 0 N–H and O–H groups in total. The molecule has 2 rings (SSSR count). The normalized spacial score (nSPS) is 42.1. The lowest BCUT2D eigenvalue weighted by atomic mass is 9.68. The van der Waals surface area contributed by atoms with E-state index in [4.69, 9.17) is 4.74 Å². The first-order valence-corrected chi connectivity index (χ1v) is 5.70. The van der Waals surface area contributed by atoms with E-state index < -0.39 is 0 Å². The summed E-state index contributed by atoms with van der Waals surface area (Å²) < 4.78 is 6.05. The third kappa shape index (κ3) is 1.13. The van der Waals surface area contributed by atoms with Crippen LogP contribution in [0.25, 0.3) is 0 Å². The second-order valence-corrected chi connectivity index (χ2v) is 5.95. The number of nitrogens with zero attached hydrogens (tertiary/aromatic N) is 1. The third-order valence-electron chi connectivity index (χ3n) is 4.77. The highest BCUT2D eigenvalue weighted by molar-refractivity contribution is 5.85. The van der Waals surface area contributed by atoms with E-state index >= 15 is 0 Å². The molecule has 3 unspecified atom stereocenters. The van der Waals surface area contributed by atoms with Crippen molar-refractivity contribution in [1.29, 1.82) is 0 Å². The predicted octanol–water partition coefficient (Wildman–Crippen LogP) is 2.01. The Morgan fingerprint density at radius 2 is 1.73 bits per heavy atom. The zero-order valence-electron chi connectivity index (χ0n) is 10.5. The van der Waals surface area contributed by atoms with E-state index in [-0.39, 0.29) is 35.1 Å². The van der Waals surface area contributed by atoms with Crippen molar-refractivity contribution in [3.8, 4) is 0 Å². The van der Waals surface area contributed by atoms with E-state index in [1.54, 1.807) is 0 Å². The van der Waals surface area contributed by atoms with Gasteiger partial charge in [-0.1, -0.05) is 13.8 Å². The van der Waals surface area contributed by atoms with Crippen LogP contribution in [0.1, 0.15) is 41.5 Å². The van der Waals surface area contributed by atoms with Crippen LogP contribution in [0.3, 0.4) is 0 Å². The summed E-state index contributed by atoms with van der Waals surface area (Å²) in [5.74, 6) is 0.263. The Hall–Kier alpha value is -0.570. The van der Waals surface area contributed by atoms with Gasteiger partial charge in [0.15, 0.2) is 0 Å². The Morgan fingerprint density at radius 3 is 2.27 bits per heavy atom. The fourth-order valence-electron chi connectivity index (χ4n) is 2.52. The Morgan fingerprint density at radius 1 is 1.20 bits per heavy atom. The van der Waals surface area contributed by atoms with E-state index in [2.05, 4.69) is 34.6 Å². The van der Waals surface area contributed by atoms with Crippen molar-refractivity contribution < 1.29 is 9.53 Å². The number of rotatable bonds is 0. The minimum atomic E-state index is -0.178. The molecule has 0 aromatic carbocycles. The Labute approximate surface area is 91.8 Å². The molecule has 2 aliphatic heterocycles. The molecule has 3 heteroatoms. The van der Waals surface area contributed by atoms with Crippen molar-refractivity contribution in [2.45, 2.75) is 59.4 Å². The molecule has 2 aliphatic rings. The molecule has 0 spiro atoms. The highest BCUT2D eigenvalue weighted by Crippen LogP contribution is 2.50. The summed E-state index contributed by atoms with van der Waals surface area (Å²) >= 11 is 0. The van der Waals surface area contributed by atoms with E-state index in [1.165, 1.54) is 0 Å². The Bertz CT molecular complexity index is 309. The van der Waals surface area contributed by atoms with Crippen molar-refractivity contribution in [3.05, 3.63) is 0 Å². The highest BCUT2D eigenvalue weighted by Gasteiger charge is 2.60. The first kappa shape index (κ1) is 10.9. The van der Waals surface area contributed by atoms with E-state index in [9.17, 15) is 4.79 Å². The topological polar surface area (TPSA) is 29.5 Å². The fraction of sp³-hybridized carbons (Fsp3) is 0.917. The fourth-order valence-corrected chi connectivity index (χ4v) is 2.52. The molecule has 1 amide bonds. The third-order valence-corrected chi connectivity index (χ3v) is 4.77. The first-order valence-electron chi connectivity index (χ1n) is 5.70. The lowest BCUT2D eigenvalue weighted by Crippen LogP contribution is -2.75. The molecular formula is C12H21NO2. The summed E-state index contributed by atoms with van der Waals surface area (Å²) in [6, 6.07) is 0.245. The van der Waals surface area contributed by atoms with Gasteiger partial charge in [-0.15, -0.1) is 0 Å². The highest BCUT2D eigenvalue weighted by atomic mass is 16.5. The number of carbonyl (C=O) groups excluding carboxylic acids is 1. The van der Waals surface area contributed by atoms with Crippen LogP contribution in [0, 0.1) is 11.3 Å². The van der Waals surface area contributed by atoms with Gasteiger partial charge in [-0.3, -0.25) is 4.79 Å². The van der Waals surface area contributed by atoms with Crippen molar-refractivity contribution in [2.75, 3.05) is 0 Å². The predicted molar refractivity (Wildman–Crippen MR) is 58.2 cm³/mol. The van der Waals surface area contributed by atoms with Crippen LogP contribution < -0.4 is 0 Å². The summed E-state index contributed by atoms with van der Waals surface area (Å²) in [7, 11) is 0. The summed E-state index contributed by atoms with van der Waals surface area (Å²) in [5.41, 5.74) is -0.193. The second-order valence-electron chi connectivity index (χ2n) is 5.95. The van der Waals surface area contributed by atoms with Crippen LogP contribution in [-0.4, -0.2) is 28.7 Å². The summed E-state index contributed by atoms with van der Waals surface area (Å²) in [5, 5.41) is 0. The quantitative estimate of drug-likeness (QED) is 0.574. The maximum absolute atomic E-state index is 11.8. The van der Waals surface area contributed by atoms with Gasteiger partial charge in [0.25, 0.3) is 0 Å². The molecule has 2 saturated heterocycles. The molecule has 2 heterocycles. The van der Waals surface area contributed by atoms with Crippen LogP contribution >= 0.6 is 0 Å². The number of amides is 1. The lowest BCUT2D eigenvalue weighted by molar-refractivity contribution is -0.295. The molecule has 0 aliphatic carbocycles. The van der Waals surface area contributed by atoms with Crippen LogP contribution in [0.4, 0.5) is 0 Å². The van der Waals surface area contributed by atoms with Gasteiger partial charge in [0.05, 0.1) is 11.5 Å². The van der Waals surface area contributed by atoms with Crippen molar-refractivity contribution in [3.63, 3.8) is 0 Å². The molecular weight excluding hydrogens is 190 g/mol. The van der Waals surface area contributed by atoms with Crippen molar-refractivity contribution in [1.82, 2.24) is 4.90 Å². The molecule has 0 aromatic rings. The molecule has 0 aromatic heterocycles. The summed E-state index contributed by atoms with van der Waals surface area (Å²) in [6.07, 6.45) is -0.00414. The zero-order chi connectivity index (χ0) is 11.6. The zero-order valence-corrected chi connectivity index (χ0v) is 10.5. The van der Waals surface area contributed by atoms with Crippen LogP contribution in [-0.2, 0) is 9.53 Å². The average Bonchev–Trinajstić information content (AvgIpc) is 2.14. The summed E-state index contributed by atoms with van der Waals surface area (Å²) in [6.45, 7) is 12.7. The minimum absolute atomic E-state index is 0.00414. The monoisotopic (exact) mass is 211 g/mol. The van der Waals surface area contributed by atoms with Gasteiger partial charge in [0.2, 0.25) is 5.91 Å². The largest absolute Gasteiger partial charge is 0.351 e. The number of carbonyl (C=O) groups is 1. The molecule has 2 fully saturated rings. The average molecular weight is 211 g/mol. The number of fused-ring (bicyclic) bond motifs is 1. The van der Waals surface area contributed by atoms with Crippen molar-refractivity contribution in [2.24, 2.45) is 11.3 Å². The molecule has 86 valence electrons. The van der Waals surface area contributed by atoms with Gasteiger partial charge in [-0.25, -0.2) is 0 Å². The number of β-lactam (4-membered cyclic amide) rings is 1. The van der Waals surface area contributed by atoms with Crippen LogP contribution in [0.5, 0.6) is 0 Å². The molecule has 15 heavy (non-hydrogen) atoms. The van der Waals surface area contributed by atoms with Crippen molar-refractivity contribution >= 4 is 5.91 Å². The molecule has 0 saturated carbocycles. The SMILES string of the molecule is CC1C(=O)N2C1OC(C)(C)C(C)(C)C2C. The van der Waals surface area contributed by atoms with Gasteiger partial charge in [0.1, 0.15) is 6.23 Å². The number of hydrogen-bond acceptors (Lipinski definition) is 2. The molecule has 3 nitrogen and oxygen atoms in total. The standard InChI is InChI=1S/C12H21NO2/c1-7-9(14)13-8(2)11(3,4)12(5,6)15-10(7)13/h7-8,10H,1-6H3. The Kier molecular flexibility index (Phi) is 2.01. The first-order chi connectivity index (χ1) is 6.70. The lowest BCUT2D eigenvalue weighted by Gasteiger charge is -2.63. The van der Waals surface area contributed by atoms with Gasteiger partial charge in [-0.2, -0.15) is 0 Å². The minimum Gasteiger partial charge on any atom is -0.351 e. The number of ether oxygens (including phenoxy) is 1. The van der Waals surface area contributed by atoms with Crippen LogP contribution in [0.2, 0.25) is 0 Å². The number of hydrogen-bond donors (Lipinski definition) is 0. The smallest absolute Gasteiger partial charge is 0.232 e. The maximum atomic E-state index is 11.8. The van der Waals surface area contributed by atoms with Gasteiger partial charge < -0.3 is 9.64 Å². The van der Waals surface area contributed by atoms with E-state index in [0.717, 1.165) is 0 Å². The van der Waals surface area contributed by atoms with Gasteiger partial charge in [0, 0.05) is 11.5 Å². The van der Waals surface area contributed by atoms with Gasteiger partial charge in [-0.05, 0) is 27.7 Å².